The lowest BCUT2D eigenvalue weighted by atomic mass is 9.89. The highest BCUT2D eigenvalue weighted by atomic mass is 16.6. The standard InChI is InChI=1S/C24H35NO7/c1-15(22(29)31-5)21(28)18-7-6-16(20(27)14-18)8-9-19(26)17-10-12-25(13-11-17)23(30)32-24(2,3)4/h6-7,14-15,17,21,27-28H,8-13H2,1-5H3/t15-,21+/m0/s1. The third kappa shape index (κ3) is 6.95. The molecule has 2 atom stereocenters. The highest BCUT2D eigenvalue weighted by Crippen LogP contribution is 2.29. The van der Waals surface area contributed by atoms with Crippen molar-refractivity contribution in [1.82, 2.24) is 4.90 Å². The van der Waals surface area contributed by atoms with Crippen LogP contribution in [-0.2, 0) is 25.5 Å². The molecule has 8 heteroatoms. The normalized spacial score (nSPS) is 16.9. The van der Waals surface area contributed by atoms with Crippen LogP contribution in [0, 0.1) is 11.8 Å². The largest absolute Gasteiger partial charge is 0.508 e. The van der Waals surface area contributed by atoms with Crippen molar-refractivity contribution in [2.45, 2.75) is 65.1 Å². The van der Waals surface area contributed by atoms with Crippen molar-refractivity contribution in [1.29, 1.82) is 0 Å². The van der Waals surface area contributed by atoms with Gasteiger partial charge < -0.3 is 24.6 Å². The van der Waals surface area contributed by atoms with Crippen LogP contribution in [0.3, 0.4) is 0 Å². The van der Waals surface area contributed by atoms with Gasteiger partial charge in [0, 0.05) is 25.4 Å². The monoisotopic (exact) mass is 449 g/mol. The minimum atomic E-state index is -1.10. The molecule has 0 spiro atoms. The van der Waals surface area contributed by atoms with Gasteiger partial charge in [-0.2, -0.15) is 0 Å². The van der Waals surface area contributed by atoms with Crippen LogP contribution in [0.1, 0.15) is 64.2 Å². The number of hydrogen-bond donors (Lipinski definition) is 2. The van der Waals surface area contributed by atoms with Gasteiger partial charge in [-0.15, -0.1) is 0 Å². The van der Waals surface area contributed by atoms with Gasteiger partial charge in [0.15, 0.2) is 0 Å². The second-order valence-corrected chi connectivity index (χ2v) is 9.35. The van der Waals surface area contributed by atoms with Crippen molar-refractivity contribution in [3.8, 4) is 5.75 Å². The van der Waals surface area contributed by atoms with Crippen LogP contribution in [0.5, 0.6) is 5.75 Å². The minimum absolute atomic E-state index is 0.0221. The molecule has 1 amide bonds. The molecule has 0 radical (unpaired) electrons. The van der Waals surface area contributed by atoms with E-state index in [4.69, 9.17) is 4.74 Å². The van der Waals surface area contributed by atoms with Gasteiger partial charge in [-0.05, 0) is 64.2 Å². The van der Waals surface area contributed by atoms with Gasteiger partial charge in [0.2, 0.25) is 0 Å². The first-order valence-electron chi connectivity index (χ1n) is 11.0. The van der Waals surface area contributed by atoms with E-state index >= 15 is 0 Å². The van der Waals surface area contributed by atoms with E-state index in [0.29, 0.717) is 43.5 Å². The van der Waals surface area contributed by atoms with E-state index in [-0.39, 0.29) is 30.0 Å². The highest BCUT2D eigenvalue weighted by Gasteiger charge is 2.30. The maximum absolute atomic E-state index is 12.7. The Labute approximate surface area is 189 Å². The van der Waals surface area contributed by atoms with Crippen LogP contribution < -0.4 is 0 Å². The molecule has 1 aromatic carbocycles. The van der Waals surface area contributed by atoms with E-state index in [2.05, 4.69) is 4.74 Å². The number of hydrogen-bond acceptors (Lipinski definition) is 7. The Morgan fingerprint density at radius 2 is 1.81 bits per heavy atom. The number of piperidine rings is 1. The molecule has 0 aromatic heterocycles. The summed E-state index contributed by atoms with van der Waals surface area (Å²) in [4.78, 5) is 38.1. The number of phenolic OH excluding ortho intramolecular Hbond substituents is 1. The van der Waals surface area contributed by atoms with Gasteiger partial charge in [0.25, 0.3) is 0 Å². The van der Waals surface area contributed by atoms with Crippen LogP contribution >= 0.6 is 0 Å². The first-order chi connectivity index (χ1) is 14.9. The minimum Gasteiger partial charge on any atom is -0.508 e. The van der Waals surface area contributed by atoms with Crippen LogP contribution in [0.4, 0.5) is 4.79 Å². The molecular weight excluding hydrogens is 414 g/mol. The van der Waals surface area contributed by atoms with Gasteiger partial charge in [-0.25, -0.2) is 4.79 Å². The fourth-order valence-electron chi connectivity index (χ4n) is 3.75. The average Bonchev–Trinajstić information content (AvgIpc) is 2.75. The van der Waals surface area contributed by atoms with E-state index in [9.17, 15) is 24.6 Å². The Morgan fingerprint density at radius 1 is 1.19 bits per heavy atom. The molecule has 0 unspecified atom stereocenters. The SMILES string of the molecule is COC(=O)[C@@H](C)[C@@H](O)c1ccc(CCC(=O)C2CCN(C(=O)OC(C)(C)C)CC2)c(O)c1. The van der Waals surface area contributed by atoms with Crippen LogP contribution in [-0.4, -0.2) is 58.8 Å². The molecule has 2 N–H and O–H groups in total. The zero-order valence-electron chi connectivity index (χ0n) is 19.6. The number of carbonyl (C=O) groups excluding carboxylic acids is 3. The number of carbonyl (C=O) groups is 3. The van der Waals surface area contributed by atoms with Crippen molar-refractivity contribution in [2.24, 2.45) is 11.8 Å². The number of methoxy groups -OCH3 is 1. The molecule has 32 heavy (non-hydrogen) atoms. The van der Waals surface area contributed by atoms with Crippen molar-refractivity contribution in [2.75, 3.05) is 20.2 Å². The number of ketones is 1. The van der Waals surface area contributed by atoms with E-state index in [0.717, 1.165) is 0 Å². The Kier molecular flexibility index (Phi) is 8.66. The summed E-state index contributed by atoms with van der Waals surface area (Å²) in [5.41, 5.74) is 0.463. The average molecular weight is 450 g/mol. The number of aromatic hydroxyl groups is 1. The van der Waals surface area contributed by atoms with Crippen molar-refractivity contribution >= 4 is 17.8 Å². The number of rotatable bonds is 7. The van der Waals surface area contributed by atoms with Gasteiger partial charge in [0.05, 0.1) is 19.1 Å². The predicted octanol–water partition coefficient (Wildman–Crippen LogP) is 3.38. The molecule has 178 valence electrons. The molecule has 1 aliphatic rings. The van der Waals surface area contributed by atoms with Gasteiger partial charge in [-0.3, -0.25) is 9.59 Å². The number of Topliss-reactive ketones (excluding diaryl/α,β-unsaturated/α-hetero) is 1. The summed E-state index contributed by atoms with van der Waals surface area (Å²) in [6, 6.07) is 4.72. The van der Waals surface area contributed by atoms with Gasteiger partial charge in [-0.1, -0.05) is 12.1 Å². The smallest absolute Gasteiger partial charge is 0.410 e. The molecule has 1 heterocycles. The number of likely N-dealkylation sites (tertiary alicyclic amines) is 1. The summed E-state index contributed by atoms with van der Waals surface area (Å²) in [6.07, 6.45) is 0.406. The summed E-state index contributed by atoms with van der Waals surface area (Å²) in [7, 11) is 1.25. The number of aryl methyl sites for hydroxylation is 1. The van der Waals surface area contributed by atoms with Crippen molar-refractivity contribution in [3.05, 3.63) is 29.3 Å². The van der Waals surface area contributed by atoms with Crippen molar-refractivity contribution < 1.29 is 34.1 Å². The summed E-state index contributed by atoms with van der Waals surface area (Å²) < 4.78 is 10.0. The molecule has 2 rings (SSSR count). The number of phenols is 1. The summed E-state index contributed by atoms with van der Waals surface area (Å²) in [5, 5.41) is 20.6. The summed E-state index contributed by atoms with van der Waals surface area (Å²) in [6.45, 7) is 7.99. The van der Waals surface area contributed by atoms with Crippen LogP contribution in [0.15, 0.2) is 18.2 Å². The molecule has 0 bridgehead atoms. The molecule has 1 aliphatic heterocycles. The highest BCUT2D eigenvalue weighted by molar-refractivity contribution is 5.81. The zero-order chi connectivity index (χ0) is 24.1. The maximum atomic E-state index is 12.7. The van der Waals surface area contributed by atoms with E-state index in [1.54, 1.807) is 24.0 Å². The number of amides is 1. The summed E-state index contributed by atoms with van der Waals surface area (Å²) in [5.74, 6) is -1.33. The second kappa shape index (κ2) is 10.8. The lowest BCUT2D eigenvalue weighted by Crippen LogP contribution is -2.43. The van der Waals surface area contributed by atoms with E-state index in [1.807, 2.05) is 20.8 Å². The van der Waals surface area contributed by atoms with E-state index in [1.165, 1.54) is 13.2 Å². The molecule has 0 aliphatic carbocycles. The Hall–Kier alpha value is -2.61. The number of esters is 1. The molecule has 8 nitrogen and oxygen atoms in total. The maximum Gasteiger partial charge on any atom is 0.410 e. The second-order valence-electron chi connectivity index (χ2n) is 9.35. The number of nitrogens with zero attached hydrogens (tertiary/aromatic N) is 1. The lowest BCUT2D eigenvalue weighted by molar-refractivity contribution is -0.148. The third-order valence-electron chi connectivity index (χ3n) is 5.74. The Morgan fingerprint density at radius 3 is 2.34 bits per heavy atom. The number of aliphatic hydroxyl groups excluding tert-OH is 1. The molecule has 1 fully saturated rings. The van der Waals surface area contributed by atoms with Crippen molar-refractivity contribution in [3.63, 3.8) is 0 Å². The van der Waals surface area contributed by atoms with Crippen LogP contribution in [0.25, 0.3) is 0 Å². The molecule has 1 saturated heterocycles. The zero-order valence-corrected chi connectivity index (χ0v) is 19.6. The van der Waals surface area contributed by atoms with E-state index < -0.39 is 23.6 Å². The predicted molar refractivity (Wildman–Crippen MR) is 118 cm³/mol. The number of aliphatic hydroxyl groups is 1. The fraction of sp³-hybridized carbons (Fsp3) is 0.625. The van der Waals surface area contributed by atoms with Gasteiger partial charge in [0.1, 0.15) is 17.1 Å². The molecular formula is C24H35NO7. The third-order valence-corrected chi connectivity index (χ3v) is 5.74. The molecule has 0 saturated carbocycles. The number of ether oxygens (including phenoxy) is 2. The summed E-state index contributed by atoms with van der Waals surface area (Å²) >= 11 is 0. The Balaban J connectivity index is 1.87. The lowest BCUT2D eigenvalue weighted by Gasteiger charge is -2.33. The van der Waals surface area contributed by atoms with Gasteiger partial charge >= 0.3 is 12.1 Å². The topological polar surface area (TPSA) is 113 Å². The quantitative estimate of drug-likeness (QED) is 0.614. The van der Waals surface area contributed by atoms with Crippen LogP contribution in [0.2, 0.25) is 0 Å². The fourth-order valence-corrected chi connectivity index (χ4v) is 3.75. The first kappa shape index (κ1) is 25.6. The Bertz CT molecular complexity index is 822. The number of benzene rings is 1. The molecule has 1 aromatic rings. The first-order valence-corrected chi connectivity index (χ1v) is 11.0.